The lowest BCUT2D eigenvalue weighted by Gasteiger charge is -2.18. The van der Waals surface area contributed by atoms with Gasteiger partial charge in [0.15, 0.2) is 11.9 Å². The molecule has 4 atom stereocenters. The highest BCUT2D eigenvalue weighted by atomic mass is 16.6. The van der Waals surface area contributed by atoms with Gasteiger partial charge in [0.25, 0.3) is 0 Å². The number of amides is 1. The molecule has 0 saturated carbocycles. The minimum atomic E-state index is -0.547. The second-order valence-electron chi connectivity index (χ2n) is 9.65. The predicted molar refractivity (Wildman–Crippen MR) is 145 cm³/mol. The Labute approximate surface area is 224 Å². The molecule has 0 spiro atoms. The molecule has 2 aliphatic rings. The van der Waals surface area contributed by atoms with Crippen LogP contribution >= 0.6 is 0 Å². The minimum Gasteiger partial charge on any atom is -0.441 e. The molecule has 2 fully saturated rings. The van der Waals surface area contributed by atoms with Crippen molar-refractivity contribution in [1.29, 1.82) is 0 Å². The molecule has 4 aromatic carbocycles. The van der Waals surface area contributed by atoms with Crippen molar-refractivity contribution in [3.8, 4) is 22.5 Å². The molecular weight excluding hydrogens is 494 g/mol. The molecule has 1 amide bonds. The summed E-state index contributed by atoms with van der Waals surface area (Å²) in [4.78, 5) is 12.8. The Hall–Kier alpha value is -4.60. The van der Waals surface area contributed by atoms with Gasteiger partial charge in [-0.15, -0.1) is 5.10 Å². The van der Waals surface area contributed by atoms with Gasteiger partial charge in [-0.1, -0.05) is 91.0 Å². The molecule has 39 heavy (non-hydrogen) atoms. The largest absolute Gasteiger partial charge is 0.441 e. The van der Waals surface area contributed by atoms with Crippen LogP contribution in [0.4, 0.5) is 10.5 Å². The first-order valence-electron chi connectivity index (χ1n) is 12.9. The summed E-state index contributed by atoms with van der Waals surface area (Å²) in [6.07, 6.45) is -1.84. The summed E-state index contributed by atoms with van der Waals surface area (Å²) in [6.45, 7) is 0.582. The molecule has 9 nitrogen and oxygen atoms in total. The van der Waals surface area contributed by atoms with Gasteiger partial charge >= 0.3 is 6.09 Å². The van der Waals surface area contributed by atoms with E-state index in [0.717, 1.165) is 27.5 Å². The number of anilines is 1. The van der Waals surface area contributed by atoms with E-state index in [9.17, 15) is 4.79 Å². The number of rotatable bonds is 5. The maximum absolute atomic E-state index is 12.8. The lowest BCUT2D eigenvalue weighted by atomic mass is 10.0. The number of nitrogens with one attached hydrogen (secondary N) is 1. The Balaban J connectivity index is 1.04. The fourth-order valence-corrected chi connectivity index (χ4v) is 5.42. The number of aromatic nitrogens is 4. The summed E-state index contributed by atoms with van der Waals surface area (Å²) in [5.74, 6) is 0.630. The zero-order valence-corrected chi connectivity index (χ0v) is 20.9. The maximum atomic E-state index is 12.8. The lowest BCUT2D eigenvalue weighted by molar-refractivity contribution is 0.00775. The van der Waals surface area contributed by atoms with Crippen LogP contribution in [0.25, 0.3) is 33.3 Å². The van der Waals surface area contributed by atoms with Crippen LogP contribution in [0.5, 0.6) is 0 Å². The average Bonchev–Trinajstić information content (AvgIpc) is 3.72. The van der Waals surface area contributed by atoms with E-state index in [0.29, 0.717) is 18.1 Å². The fourth-order valence-electron chi connectivity index (χ4n) is 5.42. The van der Waals surface area contributed by atoms with Crippen molar-refractivity contribution in [3.63, 3.8) is 0 Å². The molecule has 5 aromatic rings. The third-order valence-corrected chi connectivity index (χ3v) is 7.32. The van der Waals surface area contributed by atoms with Crippen LogP contribution in [-0.2, 0) is 14.2 Å². The average molecular weight is 520 g/mol. The second-order valence-corrected chi connectivity index (χ2v) is 9.65. The molecule has 0 bridgehead atoms. The van der Waals surface area contributed by atoms with Gasteiger partial charge in [0, 0.05) is 10.9 Å². The zero-order chi connectivity index (χ0) is 26.2. The normalized spacial score (nSPS) is 22.1. The molecule has 2 aliphatic heterocycles. The number of tetrazole rings is 1. The van der Waals surface area contributed by atoms with Crippen LogP contribution in [0.3, 0.4) is 0 Å². The Morgan fingerprint density at radius 1 is 0.795 bits per heavy atom. The van der Waals surface area contributed by atoms with Gasteiger partial charge in [0.05, 0.1) is 18.9 Å². The second kappa shape index (κ2) is 9.94. The summed E-state index contributed by atoms with van der Waals surface area (Å²) in [5, 5.41) is 17.3. The van der Waals surface area contributed by atoms with Crippen molar-refractivity contribution < 1.29 is 19.0 Å². The number of hydrogen-bond acceptors (Lipinski definition) is 7. The Kier molecular flexibility index (Phi) is 5.99. The summed E-state index contributed by atoms with van der Waals surface area (Å²) >= 11 is 0. The predicted octanol–water partition coefficient (Wildman–Crippen LogP) is 5.12. The Bertz CT molecular complexity index is 1620. The van der Waals surface area contributed by atoms with E-state index in [1.165, 1.54) is 0 Å². The third kappa shape index (κ3) is 4.41. The standard InChI is InChI=1S/C30H25N5O4/c36-30(31-24-12-6-10-21-9-4-5-11-23(21)24)39-26-18-38-27-25(17-37-28(26)27)35-29(32-33-34-35)22-15-13-20(14-16-22)19-7-2-1-3-8-19/h1-16,25-28H,17-18H2,(H,31,36)/t25-,26+,27+,28+/m0/s1. The number of benzene rings is 4. The monoisotopic (exact) mass is 519 g/mol. The van der Waals surface area contributed by atoms with Crippen molar-refractivity contribution in [2.24, 2.45) is 0 Å². The number of carbonyl (C=O) groups is 1. The smallest absolute Gasteiger partial charge is 0.412 e. The molecule has 0 unspecified atom stereocenters. The van der Waals surface area contributed by atoms with Crippen molar-refractivity contribution in [3.05, 3.63) is 97.1 Å². The Morgan fingerprint density at radius 2 is 1.51 bits per heavy atom. The number of ether oxygens (including phenoxy) is 3. The van der Waals surface area contributed by atoms with Gasteiger partial charge in [-0.25, -0.2) is 9.48 Å². The van der Waals surface area contributed by atoms with Crippen LogP contribution in [0.15, 0.2) is 97.1 Å². The Morgan fingerprint density at radius 3 is 2.38 bits per heavy atom. The van der Waals surface area contributed by atoms with Crippen LogP contribution in [0.1, 0.15) is 6.04 Å². The highest BCUT2D eigenvalue weighted by Crippen LogP contribution is 2.37. The highest BCUT2D eigenvalue weighted by Gasteiger charge is 2.51. The number of fused-ring (bicyclic) bond motifs is 2. The summed E-state index contributed by atoms with van der Waals surface area (Å²) in [7, 11) is 0. The summed E-state index contributed by atoms with van der Waals surface area (Å²) < 4.78 is 19.6. The topological polar surface area (TPSA) is 100 Å². The van der Waals surface area contributed by atoms with E-state index in [1.807, 2.05) is 72.8 Å². The number of hydrogen-bond donors (Lipinski definition) is 1. The van der Waals surface area contributed by atoms with Crippen molar-refractivity contribution >= 4 is 22.6 Å². The van der Waals surface area contributed by atoms with Crippen LogP contribution in [0.2, 0.25) is 0 Å². The van der Waals surface area contributed by atoms with Gasteiger partial charge < -0.3 is 14.2 Å². The summed E-state index contributed by atoms with van der Waals surface area (Å²) in [5.41, 5.74) is 3.84. The highest BCUT2D eigenvalue weighted by molar-refractivity contribution is 6.00. The first kappa shape index (κ1) is 23.5. The van der Waals surface area contributed by atoms with Gasteiger partial charge in [0.2, 0.25) is 0 Å². The quantitative estimate of drug-likeness (QED) is 0.344. The number of nitrogens with zero attached hydrogens (tertiary/aromatic N) is 4. The zero-order valence-electron chi connectivity index (χ0n) is 20.9. The van der Waals surface area contributed by atoms with E-state index >= 15 is 0 Å². The molecule has 1 N–H and O–H groups in total. The molecule has 3 heterocycles. The molecule has 7 rings (SSSR count). The lowest BCUT2D eigenvalue weighted by Crippen LogP contribution is -2.35. The van der Waals surface area contributed by atoms with Crippen molar-refractivity contribution in [2.45, 2.75) is 24.4 Å². The molecule has 194 valence electrons. The van der Waals surface area contributed by atoms with Gasteiger partial charge in [-0.05, 0) is 33.0 Å². The number of carbonyl (C=O) groups excluding carboxylic acids is 1. The molecule has 0 aliphatic carbocycles. The third-order valence-electron chi connectivity index (χ3n) is 7.32. The van der Waals surface area contributed by atoms with Crippen molar-refractivity contribution in [2.75, 3.05) is 18.5 Å². The molecule has 2 saturated heterocycles. The molecule has 0 radical (unpaired) electrons. The fraction of sp³-hybridized carbons (Fsp3) is 0.200. The first-order valence-corrected chi connectivity index (χ1v) is 12.9. The van der Waals surface area contributed by atoms with Crippen LogP contribution < -0.4 is 5.32 Å². The summed E-state index contributed by atoms with van der Waals surface area (Å²) in [6, 6.07) is 31.7. The maximum Gasteiger partial charge on any atom is 0.412 e. The van der Waals surface area contributed by atoms with E-state index < -0.39 is 18.3 Å². The van der Waals surface area contributed by atoms with Gasteiger partial charge in [0.1, 0.15) is 18.2 Å². The van der Waals surface area contributed by atoms with E-state index in [4.69, 9.17) is 14.2 Å². The van der Waals surface area contributed by atoms with E-state index in [-0.39, 0.29) is 18.8 Å². The minimum absolute atomic E-state index is 0.234. The molecule has 1 aromatic heterocycles. The molecule has 9 heteroatoms. The van der Waals surface area contributed by atoms with Crippen LogP contribution in [-0.4, -0.2) is 57.8 Å². The first-order chi connectivity index (χ1) is 19.2. The SMILES string of the molecule is O=C(Nc1cccc2ccccc12)O[C@@H]1CO[C@H]2[C@@H]1OC[C@@H]2n1nnnc1-c1ccc(-c2ccccc2)cc1. The van der Waals surface area contributed by atoms with Crippen molar-refractivity contribution in [1.82, 2.24) is 20.2 Å². The van der Waals surface area contributed by atoms with Gasteiger partial charge in [-0.3, -0.25) is 5.32 Å². The van der Waals surface area contributed by atoms with Gasteiger partial charge in [-0.2, -0.15) is 0 Å². The molecular formula is C30H25N5O4. The van der Waals surface area contributed by atoms with Crippen LogP contribution in [0, 0.1) is 0 Å². The van der Waals surface area contributed by atoms with E-state index in [2.05, 4.69) is 45.1 Å². The van der Waals surface area contributed by atoms with E-state index in [1.54, 1.807) is 4.68 Å².